The van der Waals surface area contributed by atoms with E-state index in [1.54, 1.807) is 0 Å². The Hall–Kier alpha value is -3.07. The van der Waals surface area contributed by atoms with Gasteiger partial charge in [-0.1, -0.05) is 54.6 Å². The van der Waals surface area contributed by atoms with Gasteiger partial charge in [0.05, 0.1) is 17.6 Å². The molecule has 1 aromatic heterocycles. The standard InChI is InChI=1S/C25H26N2O/c1-20-11-5-6-12-21(20)19-25-26-23-15-7-8-16-24(23)27(25)17-9-10-18-28-22-13-3-2-4-14-22/h2-8,11-16H,9-10,17-19H2,1H3. The van der Waals surface area contributed by atoms with E-state index in [9.17, 15) is 0 Å². The Morgan fingerprint density at radius 1 is 0.821 bits per heavy atom. The first-order chi connectivity index (χ1) is 13.8. The van der Waals surface area contributed by atoms with E-state index < -0.39 is 0 Å². The number of fused-ring (bicyclic) bond motifs is 1. The molecule has 1 heterocycles. The van der Waals surface area contributed by atoms with E-state index in [0.29, 0.717) is 0 Å². The van der Waals surface area contributed by atoms with Crippen molar-refractivity contribution >= 4 is 11.0 Å². The first-order valence-corrected chi connectivity index (χ1v) is 9.98. The molecule has 4 aromatic rings. The van der Waals surface area contributed by atoms with E-state index in [-0.39, 0.29) is 0 Å². The number of rotatable bonds is 8. The highest BCUT2D eigenvalue weighted by Crippen LogP contribution is 2.21. The second-order valence-corrected chi connectivity index (χ2v) is 7.14. The molecule has 0 aliphatic rings. The number of ether oxygens (including phenoxy) is 1. The number of para-hydroxylation sites is 3. The number of aryl methyl sites for hydroxylation is 2. The van der Waals surface area contributed by atoms with Crippen LogP contribution in [-0.2, 0) is 13.0 Å². The molecular weight excluding hydrogens is 344 g/mol. The lowest BCUT2D eigenvalue weighted by molar-refractivity contribution is 0.303. The minimum Gasteiger partial charge on any atom is -0.494 e. The van der Waals surface area contributed by atoms with E-state index in [1.807, 2.05) is 30.3 Å². The summed E-state index contributed by atoms with van der Waals surface area (Å²) in [6, 6.07) is 27.0. The van der Waals surface area contributed by atoms with Crippen LogP contribution in [0, 0.1) is 6.92 Å². The van der Waals surface area contributed by atoms with Gasteiger partial charge in [-0.25, -0.2) is 4.98 Å². The lowest BCUT2D eigenvalue weighted by Gasteiger charge is -2.11. The molecule has 0 N–H and O–H groups in total. The molecule has 0 bridgehead atoms. The average molecular weight is 370 g/mol. The molecule has 0 aliphatic heterocycles. The predicted octanol–water partition coefficient (Wildman–Crippen LogP) is 5.79. The molecule has 0 saturated heterocycles. The van der Waals surface area contributed by atoms with Gasteiger partial charge in [0.15, 0.2) is 0 Å². The Bertz CT molecular complexity index is 1040. The monoisotopic (exact) mass is 370 g/mol. The van der Waals surface area contributed by atoms with Crippen molar-refractivity contribution in [2.75, 3.05) is 6.61 Å². The van der Waals surface area contributed by atoms with Crippen LogP contribution in [0.25, 0.3) is 11.0 Å². The second-order valence-electron chi connectivity index (χ2n) is 7.14. The van der Waals surface area contributed by atoms with Gasteiger partial charge in [0.2, 0.25) is 0 Å². The zero-order chi connectivity index (χ0) is 19.2. The van der Waals surface area contributed by atoms with Crippen LogP contribution in [0.2, 0.25) is 0 Å². The fraction of sp³-hybridized carbons (Fsp3) is 0.240. The fourth-order valence-electron chi connectivity index (χ4n) is 3.57. The van der Waals surface area contributed by atoms with Crippen LogP contribution >= 0.6 is 0 Å². The van der Waals surface area contributed by atoms with Gasteiger partial charge in [0, 0.05) is 13.0 Å². The number of hydrogen-bond acceptors (Lipinski definition) is 2. The summed E-state index contributed by atoms with van der Waals surface area (Å²) in [7, 11) is 0. The number of hydrogen-bond donors (Lipinski definition) is 0. The molecule has 4 rings (SSSR count). The normalized spacial score (nSPS) is 11.0. The van der Waals surface area contributed by atoms with Crippen molar-refractivity contribution in [2.45, 2.75) is 32.7 Å². The molecule has 0 radical (unpaired) electrons. The first kappa shape index (κ1) is 18.3. The third-order valence-electron chi connectivity index (χ3n) is 5.13. The van der Waals surface area contributed by atoms with Crippen molar-refractivity contribution in [1.82, 2.24) is 9.55 Å². The third-order valence-corrected chi connectivity index (χ3v) is 5.13. The fourth-order valence-corrected chi connectivity index (χ4v) is 3.57. The molecule has 0 spiro atoms. The van der Waals surface area contributed by atoms with Crippen molar-refractivity contribution in [2.24, 2.45) is 0 Å². The molecule has 3 heteroatoms. The van der Waals surface area contributed by atoms with Crippen LogP contribution in [0.15, 0.2) is 78.9 Å². The Morgan fingerprint density at radius 3 is 2.43 bits per heavy atom. The van der Waals surface area contributed by atoms with E-state index in [2.05, 4.69) is 60.0 Å². The Kier molecular flexibility index (Phi) is 5.72. The van der Waals surface area contributed by atoms with E-state index >= 15 is 0 Å². The minimum atomic E-state index is 0.740. The van der Waals surface area contributed by atoms with Gasteiger partial charge in [-0.15, -0.1) is 0 Å². The maximum Gasteiger partial charge on any atom is 0.119 e. The molecular formula is C25H26N2O. The molecule has 28 heavy (non-hydrogen) atoms. The number of imidazole rings is 1. The maximum absolute atomic E-state index is 5.83. The van der Waals surface area contributed by atoms with Crippen molar-refractivity contribution in [3.05, 3.63) is 95.8 Å². The van der Waals surface area contributed by atoms with Crippen molar-refractivity contribution in [3.8, 4) is 5.75 Å². The molecule has 0 fully saturated rings. The summed E-state index contributed by atoms with van der Waals surface area (Å²) >= 11 is 0. The summed E-state index contributed by atoms with van der Waals surface area (Å²) in [6.45, 7) is 3.87. The summed E-state index contributed by atoms with van der Waals surface area (Å²) in [4.78, 5) is 4.93. The molecule has 0 atom stereocenters. The highest BCUT2D eigenvalue weighted by molar-refractivity contribution is 5.76. The SMILES string of the molecule is Cc1ccccc1Cc1nc2ccccc2n1CCCCOc1ccccc1. The predicted molar refractivity (Wildman–Crippen MR) is 115 cm³/mol. The lowest BCUT2D eigenvalue weighted by atomic mass is 10.1. The van der Waals surface area contributed by atoms with E-state index in [1.165, 1.54) is 16.6 Å². The van der Waals surface area contributed by atoms with Crippen LogP contribution in [0.5, 0.6) is 5.75 Å². The van der Waals surface area contributed by atoms with E-state index in [0.717, 1.165) is 49.5 Å². The minimum absolute atomic E-state index is 0.740. The summed E-state index contributed by atoms with van der Waals surface area (Å²) in [5.74, 6) is 2.08. The van der Waals surface area contributed by atoms with Gasteiger partial charge in [0.1, 0.15) is 11.6 Å². The van der Waals surface area contributed by atoms with Crippen LogP contribution in [0.3, 0.4) is 0 Å². The Balaban J connectivity index is 1.45. The highest BCUT2D eigenvalue weighted by Gasteiger charge is 2.11. The zero-order valence-corrected chi connectivity index (χ0v) is 16.3. The van der Waals surface area contributed by atoms with Crippen molar-refractivity contribution in [3.63, 3.8) is 0 Å². The van der Waals surface area contributed by atoms with Gasteiger partial charge < -0.3 is 9.30 Å². The lowest BCUT2D eigenvalue weighted by Crippen LogP contribution is -2.07. The molecule has 0 aliphatic carbocycles. The summed E-state index contributed by atoms with van der Waals surface area (Å²) in [5.41, 5.74) is 4.95. The topological polar surface area (TPSA) is 27.1 Å². The Labute approximate surface area is 166 Å². The zero-order valence-electron chi connectivity index (χ0n) is 16.3. The highest BCUT2D eigenvalue weighted by atomic mass is 16.5. The van der Waals surface area contributed by atoms with Gasteiger partial charge >= 0.3 is 0 Å². The van der Waals surface area contributed by atoms with Gasteiger partial charge in [-0.3, -0.25) is 0 Å². The van der Waals surface area contributed by atoms with Crippen LogP contribution in [0.4, 0.5) is 0 Å². The number of aromatic nitrogens is 2. The van der Waals surface area contributed by atoms with Crippen molar-refractivity contribution in [1.29, 1.82) is 0 Å². The Morgan fingerprint density at radius 2 is 1.57 bits per heavy atom. The molecule has 0 unspecified atom stereocenters. The molecule has 3 nitrogen and oxygen atoms in total. The third kappa shape index (κ3) is 4.25. The van der Waals surface area contributed by atoms with Crippen LogP contribution in [-0.4, -0.2) is 16.2 Å². The quantitative estimate of drug-likeness (QED) is 0.367. The number of benzene rings is 3. The largest absolute Gasteiger partial charge is 0.494 e. The summed E-state index contributed by atoms with van der Waals surface area (Å²) in [5, 5.41) is 0. The second kappa shape index (κ2) is 8.75. The van der Waals surface area contributed by atoms with Crippen LogP contribution < -0.4 is 4.74 Å². The van der Waals surface area contributed by atoms with Crippen LogP contribution in [0.1, 0.15) is 29.8 Å². The van der Waals surface area contributed by atoms with Gasteiger partial charge in [-0.05, 0) is 55.2 Å². The first-order valence-electron chi connectivity index (χ1n) is 9.98. The maximum atomic E-state index is 5.83. The molecule has 3 aromatic carbocycles. The molecule has 0 saturated carbocycles. The number of unbranched alkanes of at least 4 members (excludes halogenated alkanes) is 1. The summed E-state index contributed by atoms with van der Waals surface area (Å²) < 4.78 is 8.21. The number of nitrogens with zero attached hydrogens (tertiary/aromatic N) is 2. The van der Waals surface area contributed by atoms with E-state index in [4.69, 9.17) is 9.72 Å². The van der Waals surface area contributed by atoms with Gasteiger partial charge in [-0.2, -0.15) is 0 Å². The average Bonchev–Trinajstić information content (AvgIpc) is 3.07. The smallest absolute Gasteiger partial charge is 0.119 e. The van der Waals surface area contributed by atoms with Crippen molar-refractivity contribution < 1.29 is 4.74 Å². The summed E-state index contributed by atoms with van der Waals surface area (Å²) in [6.07, 6.45) is 2.95. The molecule has 142 valence electrons. The molecule has 0 amide bonds. The van der Waals surface area contributed by atoms with Gasteiger partial charge in [0.25, 0.3) is 0 Å².